The highest BCUT2D eigenvalue weighted by Crippen LogP contribution is 2.19. The van der Waals surface area contributed by atoms with Crippen LogP contribution in [0.15, 0.2) is 70.6 Å². The number of benzene rings is 2. The number of carbonyl (C=O) groups excluding carboxylic acids is 2. The summed E-state index contributed by atoms with van der Waals surface area (Å²) >= 11 is 0. The summed E-state index contributed by atoms with van der Waals surface area (Å²) in [5.41, 5.74) is 0.719. The predicted molar refractivity (Wildman–Crippen MR) is 130 cm³/mol. The summed E-state index contributed by atoms with van der Waals surface area (Å²) in [5, 5.41) is 11.7. The first-order valence-corrected chi connectivity index (χ1v) is 10.7. The van der Waals surface area contributed by atoms with Crippen molar-refractivity contribution in [2.45, 2.75) is 13.1 Å². The maximum Gasteiger partial charge on any atom is 0.324 e. The summed E-state index contributed by atoms with van der Waals surface area (Å²) in [7, 11) is 3.00. The maximum absolute atomic E-state index is 13.7. The zero-order valence-corrected chi connectivity index (χ0v) is 19.6. The number of hydrogen-bond acceptors (Lipinski definition) is 6. The van der Waals surface area contributed by atoms with Crippen LogP contribution in [0.4, 0.5) is 14.9 Å². The smallest absolute Gasteiger partial charge is 0.324 e. The van der Waals surface area contributed by atoms with Crippen molar-refractivity contribution in [3.8, 4) is 11.8 Å². The summed E-state index contributed by atoms with van der Waals surface area (Å²) in [5.74, 6) is -0.205. The van der Waals surface area contributed by atoms with Gasteiger partial charge in [-0.15, -0.1) is 0 Å². The van der Waals surface area contributed by atoms with Crippen molar-refractivity contribution in [3.63, 3.8) is 0 Å². The molecule has 1 heterocycles. The van der Waals surface area contributed by atoms with Gasteiger partial charge in [-0.25, -0.2) is 14.2 Å². The normalized spacial score (nSPS) is 10.8. The van der Waals surface area contributed by atoms with E-state index in [-0.39, 0.29) is 30.2 Å². The molecule has 0 aliphatic carbocycles. The van der Waals surface area contributed by atoms with Crippen molar-refractivity contribution in [2.75, 3.05) is 14.2 Å². The Morgan fingerprint density at radius 2 is 1.97 bits per heavy atom. The van der Waals surface area contributed by atoms with E-state index >= 15 is 0 Å². The zero-order valence-electron chi connectivity index (χ0n) is 19.6. The maximum atomic E-state index is 13.7. The number of aliphatic imine (C=N–C) groups is 1. The second-order valence-corrected chi connectivity index (χ2v) is 7.60. The van der Waals surface area contributed by atoms with Crippen molar-refractivity contribution >= 4 is 24.1 Å². The molecule has 0 spiro atoms. The Bertz CT molecular complexity index is 1360. The minimum absolute atomic E-state index is 0.00238. The minimum atomic E-state index is -0.683. The van der Waals surface area contributed by atoms with E-state index in [2.05, 4.69) is 15.3 Å². The number of guanidine groups is 1. The molecular formula is C25H23FN6O4. The van der Waals surface area contributed by atoms with Crippen molar-refractivity contribution in [3.05, 3.63) is 93.7 Å². The van der Waals surface area contributed by atoms with Crippen molar-refractivity contribution in [2.24, 2.45) is 4.99 Å². The fourth-order valence-electron chi connectivity index (χ4n) is 3.16. The van der Waals surface area contributed by atoms with Gasteiger partial charge in [0.25, 0.3) is 5.56 Å². The number of nitrogens with one attached hydrogen (secondary N) is 2. The van der Waals surface area contributed by atoms with Crippen LogP contribution in [0.5, 0.6) is 5.75 Å². The van der Waals surface area contributed by atoms with Crippen LogP contribution in [0.25, 0.3) is 0 Å². The largest absolute Gasteiger partial charge is 0.497 e. The number of halogens is 1. The van der Waals surface area contributed by atoms with Crippen LogP contribution < -0.4 is 15.6 Å². The van der Waals surface area contributed by atoms with Gasteiger partial charge in [0, 0.05) is 18.8 Å². The van der Waals surface area contributed by atoms with E-state index in [1.165, 1.54) is 37.4 Å². The number of pyridine rings is 1. The van der Waals surface area contributed by atoms with Gasteiger partial charge in [-0.05, 0) is 48.0 Å². The van der Waals surface area contributed by atoms with Gasteiger partial charge in [-0.1, -0.05) is 12.1 Å². The highest BCUT2D eigenvalue weighted by Gasteiger charge is 2.19. The van der Waals surface area contributed by atoms with Crippen LogP contribution in [-0.4, -0.2) is 47.3 Å². The predicted octanol–water partition coefficient (Wildman–Crippen LogP) is 2.88. The molecule has 0 atom stereocenters. The van der Waals surface area contributed by atoms with Crippen LogP contribution in [0.2, 0.25) is 0 Å². The molecule has 3 rings (SSSR count). The fourth-order valence-corrected chi connectivity index (χ4v) is 3.16. The number of methoxy groups -OCH3 is 1. The van der Waals surface area contributed by atoms with E-state index in [1.807, 2.05) is 0 Å². The molecule has 0 radical (unpaired) electrons. The topological polar surface area (TPSA) is 131 Å². The number of carbonyl (C=O) groups is 2. The van der Waals surface area contributed by atoms with Gasteiger partial charge in [0.2, 0.25) is 12.4 Å². The number of nitrogens with zero attached hydrogens (tertiary/aromatic N) is 4. The van der Waals surface area contributed by atoms with Gasteiger partial charge in [0.05, 0.1) is 31.5 Å². The molecule has 0 fully saturated rings. The lowest BCUT2D eigenvalue weighted by molar-refractivity contribution is -0.115. The molecule has 0 unspecified atom stereocenters. The average Bonchev–Trinajstić information content (AvgIpc) is 2.89. The van der Waals surface area contributed by atoms with Crippen molar-refractivity contribution in [1.29, 1.82) is 5.26 Å². The van der Waals surface area contributed by atoms with Crippen LogP contribution in [0.1, 0.15) is 16.7 Å². The SMILES string of the molecule is COc1ccc(N=C(NC(=O)N(C)Cc2ccc[nH]c2=O)N(C=O)Cc2ccc(F)c(C#N)c2)cc1. The molecule has 0 bridgehead atoms. The zero-order chi connectivity index (χ0) is 26.1. The standard InChI is InChI=1S/C25H23FN6O4/c1-31(15-18-4-3-11-28-23(18)34)25(35)30-24(29-20-6-8-21(36-2)9-7-20)32(16-33)14-17-5-10-22(26)19(12-17)13-27/h3-12,16H,14-15H2,1-2H3,(H,28,34)(H,29,30,35). The Morgan fingerprint density at radius 3 is 2.61 bits per heavy atom. The summed E-state index contributed by atoms with van der Waals surface area (Å²) in [6.45, 7) is -0.0990. The molecule has 2 aromatic carbocycles. The first kappa shape index (κ1) is 25.6. The molecule has 2 N–H and O–H groups in total. The second-order valence-electron chi connectivity index (χ2n) is 7.60. The Morgan fingerprint density at radius 1 is 1.22 bits per heavy atom. The Hall–Kier alpha value is -4.98. The van der Waals surface area contributed by atoms with E-state index < -0.39 is 11.8 Å². The minimum Gasteiger partial charge on any atom is -0.497 e. The van der Waals surface area contributed by atoms with E-state index in [0.717, 1.165) is 11.0 Å². The Balaban J connectivity index is 1.90. The monoisotopic (exact) mass is 490 g/mol. The second kappa shape index (κ2) is 11.9. The Kier molecular flexibility index (Phi) is 8.50. The molecule has 36 heavy (non-hydrogen) atoms. The van der Waals surface area contributed by atoms with Gasteiger partial charge >= 0.3 is 6.03 Å². The number of hydrogen-bond donors (Lipinski definition) is 2. The molecule has 3 amide bonds. The molecule has 11 heteroatoms. The fraction of sp³-hybridized carbons (Fsp3) is 0.160. The number of rotatable bonds is 7. The first-order valence-electron chi connectivity index (χ1n) is 10.7. The summed E-state index contributed by atoms with van der Waals surface area (Å²) < 4.78 is 18.9. The van der Waals surface area contributed by atoms with E-state index in [4.69, 9.17) is 10.00 Å². The van der Waals surface area contributed by atoms with Gasteiger partial charge in [0.1, 0.15) is 17.6 Å². The van der Waals surface area contributed by atoms with Gasteiger partial charge in [0.15, 0.2) is 0 Å². The quantitative estimate of drug-likeness (QED) is 0.299. The highest BCUT2D eigenvalue weighted by atomic mass is 19.1. The molecule has 184 valence electrons. The summed E-state index contributed by atoms with van der Waals surface area (Å²) in [4.78, 5) is 46.2. The number of ether oxygens (including phenoxy) is 1. The van der Waals surface area contributed by atoms with Crippen molar-refractivity contribution < 1.29 is 18.7 Å². The molecule has 1 aromatic heterocycles. The lowest BCUT2D eigenvalue weighted by Gasteiger charge is -2.23. The van der Waals surface area contributed by atoms with Gasteiger partial charge < -0.3 is 14.6 Å². The highest BCUT2D eigenvalue weighted by molar-refractivity contribution is 6.01. The number of aromatic amines is 1. The van der Waals surface area contributed by atoms with Crippen LogP contribution in [-0.2, 0) is 17.9 Å². The third kappa shape index (κ3) is 6.54. The van der Waals surface area contributed by atoms with Gasteiger partial charge in [-0.3, -0.25) is 19.8 Å². The molecule has 10 nitrogen and oxygen atoms in total. The van der Waals surface area contributed by atoms with Crippen LogP contribution in [0, 0.1) is 17.1 Å². The first-order chi connectivity index (χ1) is 17.3. The third-order valence-corrected chi connectivity index (χ3v) is 5.08. The molecule has 0 saturated carbocycles. The summed E-state index contributed by atoms with van der Waals surface area (Å²) in [6, 6.07) is 14.8. The van der Waals surface area contributed by atoms with E-state index in [0.29, 0.717) is 29.0 Å². The average molecular weight is 490 g/mol. The van der Waals surface area contributed by atoms with Crippen LogP contribution in [0.3, 0.4) is 0 Å². The number of H-pyrrole nitrogens is 1. The van der Waals surface area contributed by atoms with E-state index in [9.17, 15) is 18.8 Å². The van der Waals surface area contributed by atoms with Crippen molar-refractivity contribution in [1.82, 2.24) is 20.1 Å². The third-order valence-electron chi connectivity index (χ3n) is 5.08. The van der Waals surface area contributed by atoms with Crippen LogP contribution >= 0.6 is 0 Å². The Labute approximate surface area is 206 Å². The lowest BCUT2D eigenvalue weighted by atomic mass is 10.1. The number of urea groups is 1. The number of nitriles is 1. The molecular weight excluding hydrogens is 467 g/mol. The van der Waals surface area contributed by atoms with Gasteiger partial charge in [-0.2, -0.15) is 5.26 Å². The molecule has 3 aromatic rings. The molecule has 0 aliphatic heterocycles. The lowest BCUT2D eigenvalue weighted by Crippen LogP contribution is -2.47. The number of aromatic nitrogens is 1. The molecule has 0 aliphatic rings. The molecule has 0 saturated heterocycles. The summed E-state index contributed by atoms with van der Waals surface area (Å²) in [6.07, 6.45) is 1.95. The van der Waals surface area contributed by atoms with E-state index in [1.54, 1.807) is 42.5 Å². The number of amides is 3.